The fourth-order valence-corrected chi connectivity index (χ4v) is 4.18. The summed E-state index contributed by atoms with van der Waals surface area (Å²) in [5, 5.41) is 8.58. The molecule has 0 atom stereocenters. The summed E-state index contributed by atoms with van der Waals surface area (Å²) in [5.41, 5.74) is 3.82. The van der Waals surface area contributed by atoms with Gasteiger partial charge in [-0.1, -0.05) is 23.7 Å². The zero-order chi connectivity index (χ0) is 20.6. The second kappa shape index (κ2) is 7.43. The van der Waals surface area contributed by atoms with Crippen molar-refractivity contribution in [3.8, 4) is 5.69 Å². The van der Waals surface area contributed by atoms with Crippen LogP contribution in [0.1, 0.15) is 27.3 Å². The van der Waals surface area contributed by atoms with Crippen LogP contribution in [0.3, 0.4) is 0 Å². The van der Waals surface area contributed by atoms with Crippen molar-refractivity contribution < 1.29 is 13.2 Å². The molecule has 0 aliphatic heterocycles. The van der Waals surface area contributed by atoms with E-state index in [1.54, 1.807) is 31.2 Å². The van der Waals surface area contributed by atoms with Gasteiger partial charge >= 0.3 is 0 Å². The molecule has 146 valence electrons. The second-order valence-electron chi connectivity index (χ2n) is 6.58. The largest absolute Gasteiger partial charge is 0.322 e. The SMILES string of the molecule is Cc1ccc(NC(=O)c2cc(C)n(-c3cccc(Cl)c3)c2C)cc1S(N)(=O)=O. The van der Waals surface area contributed by atoms with E-state index in [2.05, 4.69) is 5.32 Å². The van der Waals surface area contributed by atoms with E-state index in [4.69, 9.17) is 16.7 Å². The number of carbonyl (C=O) groups excluding carboxylic acids is 1. The van der Waals surface area contributed by atoms with Crippen molar-refractivity contribution in [2.24, 2.45) is 5.14 Å². The van der Waals surface area contributed by atoms with E-state index in [0.29, 0.717) is 21.8 Å². The van der Waals surface area contributed by atoms with Crippen LogP contribution >= 0.6 is 11.6 Å². The van der Waals surface area contributed by atoms with Gasteiger partial charge in [0.1, 0.15) is 0 Å². The van der Waals surface area contributed by atoms with Crippen LogP contribution in [0.15, 0.2) is 53.4 Å². The van der Waals surface area contributed by atoms with Crippen LogP contribution < -0.4 is 10.5 Å². The number of nitrogens with one attached hydrogen (secondary N) is 1. The molecule has 0 bridgehead atoms. The molecule has 3 aromatic rings. The third-order valence-corrected chi connectivity index (χ3v) is 5.78. The first kappa shape index (κ1) is 20.1. The molecule has 6 nitrogen and oxygen atoms in total. The van der Waals surface area contributed by atoms with Gasteiger partial charge in [0.05, 0.1) is 10.5 Å². The number of hydrogen-bond donors (Lipinski definition) is 2. The number of anilines is 1. The Bertz CT molecular complexity index is 1180. The first-order chi connectivity index (χ1) is 13.1. The lowest BCUT2D eigenvalue weighted by atomic mass is 10.2. The number of nitrogens with two attached hydrogens (primary N) is 1. The number of sulfonamides is 1. The highest BCUT2D eigenvalue weighted by molar-refractivity contribution is 7.89. The standard InChI is InChI=1S/C20H20ClN3O3S/c1-12-7-8-16(11-19(12)28(22,26)27)23-20(25)18-9-13(2)24(14(18)3)17-6-4-5-15(21)10-17/h4-11H,1-3H3,(H,23,25)(H2,22,26,27). The van der Waals surface area contributed by atoms with Gasteiger partial charge in [-0.25, -0.2) is 13.6 Å². The smallest absolute Gasteiger partial charge is 0.257 e. The lowest BCUT2D eigenvalue weighted by Gasteiger charge is -2.11. The zero-order valence-electron chi connectivity index (χ0n) is 15.7. The van der Waals surface area contributed by atoms with E-state index in [9.17, 15) is 13.2 Å². The number of nitrogens with zero attached hydrogens (tertiary/aromatic N) is 1. The molecule has 1 amide bonds. The number of benzene rings is 2. The van der Waals surface area contributed by atoms with Crippen molar-refractivity contribution in [1.82, 2.24) is 4.57 Å². The van der Waals surface area contributed by atoms with E-state index >= 15 is 0 Å². The van der Waals surface area contributed by atoms with Crippen molar-refractivity contribution in [3.63, 3.8) is 0 Å². The summed E-state index contributed by atoms with van der Waals surface area (Å²) in [7, 11) is -3.88. The summed E-state index contributed by atoms with van der Waals surface area (Å²) in [6.07, 6.45) is 0. The van der Waals surface area contributed by atoms with E-state index in [0.717, 1.165) is 17.1 Å². The highest BCUT2D eigenvalue weighted by Crippen LogP contribution is 2.25. The Morgan fingerprint density at radius 2 is 1.79 bits per heavy atom. The van der Waals surface area contributed by atoms with Gasteiger partial charge in [0.15, 0.2) is 0 Å². The molecule has 3 rings (SSSR count). The Labute approximate surface area is 169 Å². The first-order valence-electron chi connectivity index (χ1n) is 8.47. The molecule has 0 fully saturated rings. The molecule has 0 spiro atoms. The van der Waals surface area contributed by atoms with Gasteiger partial charge in [-0.15, -0.1) is 0 Å². The van der Waals surface area contributed by atoms with Crippen molar-refractivity contribution in [2.45, 2.75) is 25.7 Å². The average Bonchev–Trinajstić information content (AvgIpc) is 2.90. The molecule has 28 heavy (non-hydrogen) atoms. The molecule has 0 unspecified atom stereocenters. The number of rotatable bonds is 4. The van der Waals surface area contributed by atoms with E-state index in [1.807, 2.05) is 36.6 Å². The molecule has 1 heterocycles. The molecule has 3 N–H and O–H groups in total. The molecule has 0 radical (unpaired) electrons. The summed E-state index contributed by atoms with van der Waals surface area (Å²) < 4.78 is 25.3. The monoisotopic (exact) mass is 417 g/mol. The van der Waals surface area contributed by atoms with E-state index < -0.39 is 10.0 Å². The lowest BCUT2D eigenvalue weighted by molar-refractivity contribution is 0.102. The highest BCUT2D eigenvalue weighted by atomic mass is 35.5. The predicted octanol–water partition coefficient (Wildman–Crippen LogP) is 3.96. The maximum absolute atomic E-state index is 12.8. The van der Waals surface area contributed by atoms with Crippen molar-refractivity contribution in [2.75, 3.05) is 5.32 Å². The molecular weight excluding hydrogens is 398 g/mol. The van der Waals surface area contributed by atoms with Gasteiger partial charge in [-0.05, 0) is 62.7 Å². The minimum Gasteiger partial charge on any atom is -0.322 e. The van der Waals surface area contributed by atoms with E-state index in [-0.39, 0.29) is 10.8 Å². The normalized spacial score (nSPS) is 11.5. The summed E-state index contributed by atoms with van der Waals surface area (Å²) >= 11 is 6.09. The molecule has 1 aromatic heterocycles. The number of primary sulfonamides is 1. The van der Waals surface area contributed by atoms with Gasteiger partial charge in [0.2, 0.25) is 10.0 Å². The topological polar surface area (TPSA) is 94.2 Å². The summed E-state index contributed by atoms with van der Waals surface area (Å²) in [5.74, 6) is -0.342. The quantitative estimate of drug-likeness (QED) is 0.672. The Kier molecular flexibility index (Phi) is 5.34. The fourth-order valence-electron chi connectivity index (χ4n) is 3.19. The summed E-state index contributed by atoms with van der Waals surface area (Å²) in [6, 6.07) is 13.7. The van der Waals surface area contributed by atoms with Gasteiger partial charge in [0, 0.05) is 27.8 Å². The first-order valence-corrected chi connectivity index (χ1v) is 10.4. The number of aryl methyl sites for hydroxylation is 2. The molecule has 0 aliphatic carbocycles. The number of halogens is 1. The third kappa shape index (κ3) is 3.96. The van der Waals surface area contributed by atoms with Crippen LogP contribution in [-0.4, -0.2) is 18.9 Å². The molecule has 8 heteroatoms. The van der Waals surface area contributed by atoms with Crippen LogP contribution in [0.5, 0.6) is 0 Å². The lowest BCUT2D eigenvalue weighted by Crippen LogP contribution is -2.16. The average molecular weight is 418 g/mol. The van der Waals surface area contributed by atoms with Crippen LogP contribution in [0, 0.1) is 20.8 Å². The molecule has 0 saturated carbocycles. The minimum atomic E-state index is -3.88. The van der Waals surface area contributed by atoms with Crippen molar-refractivity contribution >= 4 is 33.2 Å². The number of amides is 1. The number of carbonyl (C=O) groups is 1. The molecule has 0 aliphatic rings. The van der Waals surface area contributed by atoms with Gasteiger partial charge in [-0.3, -0.25) is 4.79 Å². The van der Waals surface area contributed by atoms with Crippen LogP contribution in [0.4, 0.5) is 5.69 Å². The zero-order valence-corrected chi connectivity index (χ0v) is 17.2. The third-order valence-electron chi connectivity index (χ3n) is 4.49. The number of hydrogen-bond acceptors (Lipinski definition) is 3. The van der Waals surface area contributed by atoms with Crippen LogP contribution in [0.25, 0.3) is 5.69 Å². The Balaban J connectivity index is 1.96. The van der Waals surface area contributed by atoms with Crippen molar-refractivity contribution in [3.05, 3.63) is 76.1 Å². The minimum absolute atomic E-state index is 0.0188. The van der Waals surface area contributed by atoms with E-state index in [1.165, 1.54) is 6.07 Å². The van der Waals surface area contributed by atoms with Gasteiger partial charge in [0.25, 0.3) is 5.91 Å². The Hall–Kier alpha value is -2.61. The molecule has 0 saturated heterocycles. The maximum atomic E-state index is 12.8. The Morgan fingerprint density at radius 3 is 2.43 bits per heavy atom. The van der Waals surface area contributed by atoms with Crippen LogP contribution in [-0.2, 0) is 10.0 Å². The predicted molar refractivity (Wildman–Crippen MR) is 111 cm³/mol. The van der Waals surface area contributed by atoms with Crippen molar-refractivity contribution in [1.29, 1.82) is 0 Å². The van der Waals surface area contributed by atoms with Gasteiger partial charge < -0.3 is 9.88 Å². The number of aromatic nitrogens is 1. The maximum Gasteiger partial charge on any atom is 0.257 e. The second-order valence-corrected chi connectivity index (χ2v) is 8.55. The highest BCUT2D eigenvalue weighted by Gasteiger charge is 2.18. The summed E-state index contributed by atoms with van der Waals surface area (Å²) in [6.45, 7) is 5.38. The van der Waals surface area contributed by atoms with Crippen LogP contribution in [0.2, 0.25) is 5.02 Å². The fraction of sp³-hybridized carbons (Fsp3) is 0.150. The summed E-state index contributed by atoms with van der Waals surface area (Å²) in [4.78, 5) is 12.8. The Morgan fingerprint density at radius 1 is 1.07 bits per heavy atom. The molecule has 2 aromatic carbocycles. The molecular formula is C20H20ClN3O3S. The van der Waals surface area contributed by atoms with Gasteiger partial charge in [-0.2, -0.15) is 0 Å².